The van der Waals surface area contributed by atoms with Gasteiger partial charge in [0.2, 0.25) is 0 Å². The lowest BCUT2D eigenvalue weighted by Gasteiger charge is -2.28. The maximum absolute atomic E-state index is 10.0. The van der Waals surface area contributed by atoms with E-state index in [1.54, 1.807) is 6.07 Å². The maximum atomic E-state index is 10.0. The minimum atomic E-state index is -0.437. The number of β-amino-alcohol motifs (C(OH)–C–C–N with tert-alkyl or cyclic N) is 1. The summed E-state index contributed by atoms with van der Waals surface area (Å²) < 4.78 is 5.66. The van der Waals surface area contributed by atoms with Crippen LogP contribution in [0.2, 0.25) is 5.02 Å². The number of rotatable bonds is 5. The number of likely N-dealkylation sites (tertiary alicyclic amines) is 1. The van der Waals surface area contributed by atoms with Gasteiger partial charge in [0, 0.05) is 11.6 Å². The van der Waals surface area contributed by atoms with Gasteiger partial charge < -0.3 is 27.2 Å². The van der Waals surface area contributed by atoms with E-state index in [4.69, 9.17) is 16.3 Å². The summed E-state index contributed by atoms with van der Waals surface area (Å²) in [4.78, 5) is 2.31. The summed E-state index contributed by atoms with van der Waals surface area (Å²) in [6.45, 7) is 5.18. The molecule has 0 aliphatic carbocycles. The lowest BCUT2D eigenvalue weighted by atomic mass is 10.1. The first kappa shape index (κ1) is 17.6. The molecule has 0 aromatic heterocycles. The molecule has 114 valence electrons. The van der Waals surface area contributed by atoms with Crippen LogP contribution in [0.25, 0.3) is 0 Å². The lowest BCUT2D eigenvalue weighted by molar-refractivity contribution is -0.00000631. The molecule has 0 amide bonds. The summed E-state index contributed by atoms with van der Waals surface area (Å²) in [5.41, 5.74) is 0.998. The van der Waals surface area contributed by atoms with Crippen molar-refractivity contribution < 1.29 is 22.3 Å². The zero-order valence-corrected chi connectivity index (χ0v) is 13.3. The minimum absolute atomic E-state index is 0. The Morgan fingerprint density at radius 2 is 2.00 bits per heavy atom. The first-order valence-corrected chi connectivity index (χ1v) is 7.32. The van der Waals surface area contributed by atoms with Crippen molar-refractivity contribution in [3.63, 3.8) is 0 Å². The number of ether oxygens (including phenoxy) is 1. The molecule has 1 aromatic rings. The van der Waals surface area contributed by atoms with Crippen molar-refractivity contribution in [3.8, 4) is 5.75 Å². The Morgan fingerprint density at radius 3 is 2.65 bits per heavy atom. The smallest absolute Gasteiger partial charge is 0.122 e. The van der Waals surface area contributed by atoms with Crippen molar-refractivity contribution in [2.75, 3.05) is 26.2 Å². The highest BCUT2D eigenvalue weighted by Crippen LogP contribution is 2.22. The third-order valence-electron chi connectivity index (χ3n) is 3.49. The number of halogens is 2. The molecule has 1 aromatic carbocycles. The molecular formula is C15H22Cl2NO2-. The van der Waals surface area contributed by atoms with Crippen molar-refractivity contribution in [2.45, 2.75) is 32.3 Å². The van der Waals surface area contributed by atoms with E-state index >= 15 is 0 Å². The first-order chi connectivity index (χ1) is 9.15. The molecule has 1 saturated heterocycles. The number of nitrogens with zero attached hydrogens (tertiary/aromatic N) is 1. The lowest BCUT2D eigenvalue weighted by Crippen LogP contribution is -3.00. The molecule has 5 heteroatoms. The monoisotopic (exact) mass is 318 g/mol. The number of piperidine rings is 1. The van der Waals surface area contributed by atoms with E-state index in [1.165, 1.54) is 19.3 Å². The molecule has 2 rings (SSSR count). The van der Waals surface area contributed by atoms with E-state index < -0.39 is 6.10 Å². The van der Waals surface area contributed by atoms with Crippen molar-refractivity contribution >= 4 is 11.6 Å². The molecule has 1 heterocycles. The Hall–Kier alpha value is -0.480. The molecule has 1 N–H and O–H groups in total. The van der Waals surface area contributed by atoms with E-state index in [-0.39, 0.29) is 12.4 Å². The number of aliphatic hydroxyl groups is 1. The van der Waals surface area contributed by atoms with E-state index in [2.05, 4.69) is 4.90 Å². The predicted octanol–water partition coefficient (Wildman–Crippen LogP) is -0.122. The highest BCUT2D eigenvalue weighted by atomic mass is 35.5. The van der Waals surface area contributed by atoms with Gasteiger partial charge in [-0.05, 0) is 56.6 Å². The van der Waals surface area contributed by atoms with Crippen LogP contribution in [-0.4, -0.2) is 42.4 Å². The fourth-order valence-corrected chi connectivity index (χ4v) is 2.68. The molecule has 1 aliphatic rings. The molecule has 3 nitrogen and oxygen atoms in total. The first-order valence-electron chi connectivity index (χ1n) is 6.94. The Kier molecular flexibility index (Phi) is 7.67. The van der Waals surface area contributed by atoms with Crippen LogP contribution in [0.3, 0.4) is 0 Å². The Balaban J connectivity index is 0.00000200. The number of benzene rings is 1. The van der Waals surface area contributed by atoms with Gasteiger partial charge in [-0.1, -0.05) is 18.0 Å². The summed E-state index contributed by atoms with van der Waals surface area (Å²) in [5.74, 6) is 0.794. The van der Waals surface area contributed by atoms with Crippen LogP contribution in [0.4, 0.5) is 0 Å². The van der Waals surface area contributed by atoms with Crippen LogP contribution < -0.4 is 17.1 Å². The topological polar surface area (TPSA) is 32.7 Å². The molecule has 0 spiro atoms. The van der Waals surface area contributed by atoms with Crippen LogP contribution in [0.1, 0.15) is 24.8 Å². The van der Waals surface area contributed by atoms with Crippen molar-refractivity contribution in [3.05, 3.63) is 28.8 Å². The molecule has 1 fully saturated rings. The van der Waals surface area contributed by atoms with Crippen LogP contribution in [0, 0.1) is 6.92 Å². The molecular weight excluding hydrogens is 297 g/mol. The highest BCUT2D eigenvalue weighted by molar-refractivity contribution is 6.30. The van der Waals surface area contributed by atoms with Crippen LogP contribution in [-0.2, 0) is 0 Å². The van der Waals surface area contributed by atoms with Gasteiger partial charge in [-0.3, -0.25) is 0 Å². The maximum Gasteiger partial charge on any atom is 0.122 e. The van der Waals surface area contributed by atoms with Gasteiger partial charge in [-0.25, -0.2) is 0 Å². The highest BCUT2D eigenvalue weighted by Gasteiger charge is 2.15. The fraction of sp³-hybridized carbons (Fsp3) is 0.600. The molecule has 0 bridgehead atoms. The summed E-state index contributed by atoms with van der Waals surface area (Å²) in [5, 5.41) is 10.7. The summed E-state index contributed by atoms with van der Waals surface area (Å²) in [6.07, 6.45) is 3.36. The number of hydrogen-bond donors (Lipinski definition) is 1. The minimum Gasteiger partial charge on any atom is -1.00 e. The second-order valence-electron chi connectivity index (χ2n) is 5.24. The largest absolute Gasteiger partial charge is 1.00 e. The standard InChI is InChI=1S/C15H22ClNO2.ClH/c1-12-9-13(16)5-6-15(12)19-11-14(18)10-17-7-3-2-4-8-17;/h5-6,9,14,18H,2-4,7-8,10-11H2,1H3;1H/p-1. The average Bonchev–Trinajstić information content (AvgIpc) is 2.39. The number of aliphatic hydroxyl groups excluding tert-OH is 1. The van der Waals surface area contributed by atoms with Crippen LogP contribution in [0.5, 0.6) is 5.75 Å². The Labute approximate surface area is 132 Å². The second kappa shape index (κ2) is 8.73. The van der Waals surface area contributed by atoms with Crippen molar-refractivity contribution in [1.82, 2.24) is 4.90 Å². The molecule has 1 unspecified atom stereocenters. The van der Waals surface area contributed by atoms with E-state index in [1.807, 2.05) is 19.1 Å². The Morgan fingerprint density at radius 1 is 1.30 bits per heavy atom. The Bertz CT molecular complexity index is 409. The molecule has 0 radical (unpaired) electrons. The van der Waals surface area contributed by atoms with Crippen molar-refractivity contribution in [2.24, 2.45) is 0 Å². The molecule has 20 heavy (non-hydrogen) atoms. The average molecular weight is 319 g/mol. The zero-order valence-electron chi connectivity index (χ0n) is 11.8. The summed E-state index contributed by atoms with van der Waals surface area (Å²) in [6, 6.07) is 5.53. The van der Waals surface area contributed by atoms with E-state index in [0.717, 1.165) is 24.4 Å². The summed E-state index contributed by atoms with van der Waals surface area (Å²) in [7, 11) is 0. The number of hydrogen-bond acceptors (Lipinski definition) is 3. The third kappa shape index (κ3) is 5.49. The van der Waals surface area contributed by atoms with Gasteiger partial charge >= 0.3 is 0 Å². The van der Waals surface area contributed by atoms with Crippen molar-refractivity contribution in [1.29, 1.82) is 0 Å². The number of aryl methyl sites for hydroxylation is 1. The van der Waals surface area contributed by atoms with Gasteiger partial charge in [0.05, 0.1) is 0 Å². The molecule has 1 aliphatic heterocycles. The van der Waals surface area contributed by atoms with Crippen LogP contribution >= 0.6 is 11.6 Å². The van der Waals surface area contributed by atoms with Gasteiger partial charge in [0.15, 0.2) is 0 Å². The predicted molar refractivity (Wildman–Crippen MR) is 78.0 cm³/mol. The van der Waals surface area contributed by atoms with E-state index in [9.17, 15) is 5.11 Å². The summed E-state index contributed by atoms with van der Waals surface area (Å²) >= 11 is 5.90. The third-order valence-corrected chi connectivity index (χ3v) is 3.72. The second-order valence-corrected chi connectivity index (χ2v) is 5.67. The molecule has 1 atom stereocenters. The van der Waals surface area contributed by atoms with Gasteiger partial charge in [-0.15, -0.1) is 0 Å². The quantitative estimate of drug-likeness (QED) is 0.821. The fourth-order valence-electron chi connectivity index (χ4n) is 2.45. The zero-order chi connectivity index (χ0) is 13.7. The van der Waals surface area contributed by atoms with Crippen LogP contribution in [0.15, 0.2) is 18.2 Å². The SMILES string of the molecule is Cc1cc(Cl)ccc1OCC(O)CN1CCCCC1.[Cl-]. The van der Waals surface area contributed by atoms with Gasteiger partial charge in [-0.2, -0.15) is 0 Å². The molecule has 0 saturated carbocycles. The van der Waals surface area contributed by atoms with E-state index in [0.29, 0.717) is 18.2 Å². The van der Waals surface area contributed by atoms with Gasteiger partial charge in [0.1, 0.15) is 18.5 Å². The normalized spacial score (nSPS) is 17.4. The van der Waals surface area contributed by atoms with Gasteiger partial charge in [0.25, 0.3) is 0 Å².